The molecule has 1 N–H and O–H groups in total. The van der Waals surface area contributed by atoms with Gasteiger partial charge in [-0.3, -0.25) is 4.79 Å². The van der Waals surface area contributed by atoms with Crippen LogP contribution in [0.3, 0.4) is 0 Å². The van der Waals surface area contributed by atoms with Crippen molar-refractivity contribution in [2.24, 2.45) is 0 Å². The Labute approximate surface area is 132 Å². The monoisotopic (exact) mass is 381 g/mol. The third-order valence-electron chi connectivity index (χ3n) is 2.93. The molecule has 0 heterocycles. The van der Waals surface area contributed by atoms with Gasteiger partial charge in [0.2, 0.25) is 0 Å². The largest absolute Gasteiger partial charge is 0.350 e. The van der Waals surface area contributed by atoms with Gasteiger partial charge in [0.1, 0.15) is 0 Å². The van der Waals surface area contributed by atoms with Gasteiger partial charge in [0.15, 0.2) is 0 Å². The molecule has 112 valence electrons. The van der Waals surface area contributed by atoms with E-state index in [0.29, 0.717) is 15.6 Å². The molecule has 0 radical (unpaired) electrons. The predicted molar refractivity (Wildman–Crippen MR) is 83.8 cm³/mol. The highest BCUT2D eigenvalue weighted by atomic mass is 79.9. The molecule has 1 aromatic carbocycles. The fraction of sp³-hybridized carbons (Fsp3) is 0.462. The van der Waals surface area contributed by atoms with Crippen molar-refractivity contribution >= 4 is 41.6 Å². The van der Waals surface area contributed by atoms with Gasteiger partial charge in [-0.05, 0) is 38.0 Å². The van der Waals surface area contributed by atoms with E-state index < -0.39 is 9.05 Å². The Morgan fingerprint density at radius 1 is 1.45 bits per heavy atom. The Balaban J connectivity index is 3.19. The van der Waals surface area contributed by atoms with E-state index in [9.17, 15) is 13.2 Å². The summed E-state index contributed by atoms with van der Waals surface area (Å²) in [7, 11) is 1.50. The van der Waals surface area contributed by atoms with Crippen LogP contribution in [0.1, 0.15) is 42.6 Å². The van der Waals surface area contributed by atoms with E-state index in [0.717, 1.165) is 12.8 Å². The summed E-state index contributed by atoms with van der Waals surface area (Å²) in [6.45, 7) is 5.51. The lowest BCUT2D eigenvalue weighted by molar-refractivity contribution is 0.0937. The standard InChI is InChI=1S/C13H17BrClNO3S/c1-4-5-8(2)16-13(17)11-6-10(14)7-12(9(11)3)20(15,18)19/h6-8H,4-5H2,1-3H3,(H,16,17). The van der Waals surface area contributed by atoms with Crippen LogP contribution in [0.5, 0.6) is 0 Å². The minimum atomic E-state index is -3.89. The second-order valence-corrected chi connectivity index (χ2v) is 8.13. The quantitative estimate of drug-likeness (QED) is 0.791. The van der Waals surface area contributed by atoms with Crippen LogP contribution in [0.15, 0.2) is 21.5 Å². The molecule has 4 nitrogen and oxygen atoms in total. The first-order valence-corrected chi connectivity index (χ1v) is 9.32. The Morgan fingerprint density at radius 3 is 2.55 bits per heavy atom. The van der Waals surface area contributed by atoms with Gasteiger partial charge in [-0.1, -0.05) is 29.3 Å². The molecule has 1 unspecified atom stereocenters. The fourth-order valence-corrected chi connectivity index (χ4v) is 3.78. The molecule has 0 aliphatic heterocycles. The zero-order valence-corrected chi connectivity index (χ0v) is 14.7. The van der Waals surface area contributed by atoms with E-state index in [4.69, 9.17) is 10.7 Å². The molecule has 1 atom stereocenters. The fourth-order valence-electron chi connectivity index (χ4n) is 1.95. The Hall–Kier alpha value is -0.590. The first-order valence-electron chi connectivity index (χ1n) is 6.22. The third-order valence-corrected chi connectivity index (χ3v) is 4.84. The van der Waals surface area contributed by atoms with Gasteiger partial charge >= 0.3 is 0 Å². The Bertz CT molecular complexity index is 616. The second-order valence-electron chi connectivity index (χ2n) is 4.68. The molecule has 0 spiro atoms. The number of carbonyl (C=O) groups is 1. The highest BCUT2D eigenvalue weighted by Crippen LogP contribution is 2.27. The minimum Gasteiger partial charge on any atom is -0.350 e. The lowest BCUT2D eigenvalue weighted by atomic mass is 10.1. The van der Waals surface area contributed by atoms with Gasteiger partial charge in [0.05, 0.1) is 4.90 Å². The molecule has 0 fully saturated rings. The lowest BCUT2D eigenvalue weighted by Crippen LogP contribution is -2.33. The maximum absolute atomic E-state index is 12.2. The Morgan fingerprint density at radius 2 is 2.05 bits per heavy atom. The van der Waals surface area contributed by atoms with Crippen LogP contribution >= 0.6 is 26.6 Å². The molecule has 1 rings (SSSR count). The normalized spacial score (nSPS) is 13.1. The van der Waals surface area contributed by atoms with E-state index >= 15 is 0 Å². The molecule has 0 aliphatic carbocycles. The van der Waals surface area contributed by atoms with Crippen molar-refractivity contribution in [3.05, 3.63) is 27.7 Å². The average molecular weight is 383 g/mol. The number of halogens is 2. The number of amides is 1. The number of hydrogen-bond donors (Lipinski definition) is 1. The van der Waals surface area contributed by atoms with Gasteiger partial charge in [0, 0.05) is 26.8 Å². The van der Waals surface area contributed by atoms with Crippen molar-refractivity contribution in [1.82, 2.24) is 5.32 Å². The molecule has 1 amide bonds. The summed E-state index contributed by atoms with van der Waals surface area (Å²) >= 11 is 3.20. The number of nitrogens with one attached hydrogen (secondary N) is 1. The van der Waals surface area contributed by atoms with Crippen molar-refractivity contribution < 1.29 is 13.2 Å². The van der Waals surface area contributed by atoms with Crippen LogP contribution in [0.25, 0.3) is 0 Å². The van der Waals surface area contributed by atoms with E-state index in [1.807, 2.05) is 13.8 Å². The average Bonchev–Trinajstić information content (AvgIpc) is 2.30. The molecule has 20 heavy (non-hydrogen) atoms. The second kappa shape index (κ2) is 6.91. The molecule has 0 saturated carbocycles. The van der Waals surface area contributed by atoms with Crippen molar-refractivity contribution in [1.29, 1.82) is 0 Å². The predicted octanol–water partition coefficient (Wildman–Crippen LogP) is 3.60. The SMILES string of the molecule is CCCC(C)NC(=O)c1cc(Br)cc(S(=O)(=O)Cl)c1C. The van der Waals surface area contributed by atoms with Crippen molar-refractivity contribution in [2.45, 2.75) is 44.6 Å². The van der Waals surface area contributed by atoms with E-state index in [1.54, 1.807) is 13.0 Å². The number of carbonyl (C=O) groups excluding carboxylic acids is 1. The van der Waals surface area contributed by atoms with E-state index in [1.165, 1.54) is 6.07 Å². The summed E-state index contributed by atoms with van der Waals surface area (Å²) in [6.07, 6.45) is 1.82. The summed E-state index contributed by atoms with van der Waals surface area (Å²) < 4.78 is 23.5. The summed E-state index contributed by atoms with van der Waals surface area (Å²) in [5.74, 6) is -0.300. The van der Waals surface area contributed by atoms with Crippen LogP contribution < -0.4 is 5.32 Å². The third kappa shape index (κ3) is 4.46. The molecular weight excluding hydrogens is 366 g/mol. The number of rotatable bonds is 5. The highest BCUT2D eigenvalue weighted by Gasteiger charge is 2.21. The molecule has 0 aliphatic rings. The number of benzene rings is 1. The van der Waals surface area contributed by atoms with Crippen LogP contribution in [0.2, 0.25) is 0 Å². The molecule has 0 bridgehead atoms. The smallest absolute Gasteiger partial charge is 0.261 e. The Kier molecular flexibility index (Phi) is 6.04. The van der Waals surface area contributed by atoms with Crippen LogP contribution in [-0.4, -0.2) is 20.4 Å². The topological polar surface area (TPSA) is 63.2 Å². The van der Waals surface area contributed by atoms with Gasteiger partial charge in [-0.25, -0.2) is 8.42 Å². The zero-order chi connectivity index (χ0) is 15.5. The van der Waals surface area contributed by atoms with Crippen molar-refractivity contribution in [2.75, 3.05) is 0 Å². The first-order chi connectivity index (χ1) is 9.16. The van der Waals surface area contributed by atoms with Crippen LogP contribution in [-0.2, 0) is 9.05 Å². The van der Waals surface area contributed by atoms with Crippen molar-refractivity contribution in [3.63, 3.8) is 0 Å². The molecule has 7 heteroatoms. The molecule has 1 aromatic rings. The molecule has 0 saturated heterocycles. The van der Waals surface area contributed by atoms with Gasteiger partial charge in [0.25, 0.3) is 15.0 Å². The summed E-state index contributed by atoms with van der Waals surface area (Å²) in [4.78, 5) is 12.2. The van der Waals surface area contributed by atoms with Crippen LogP contribution in [0, 0.1) is 6.92 Å². The number of hydrogen-bond acceptors (Lipinski definition) is 3. The first kappa shape index (κ1) is 17.5. The maximum atomic E-state index is 12.2. The maximum Gasteiger partial charge on any atom is 0.261 e. The highest BCUT2D eigenvalue weighted by molar-refractivity contribution is 9.10. The summed E-state index contributed by atoms with van der Waals surface area (Å²) in [5, 5.41) is 2.85. The molecular formula is C13H17BrClNO3S. The van der Waals surface area contributed by atoms with Crippen molar-refractivity contribution in [3.8, 4) is 0 Å². The summed E-state index contributed by atoms with van der Waals surface area (Å²) in [6, 6.07) is 3.01. The van der Waals surface area contributed by atoms with Gasteiger partial charge < -0.3 is 5.32 Å². The van der Waals surface area contributed by atoms with Crippen LogP contribution in [0.4, 0.5) is 0 Å². The molecule has 0 aromatic heterocycles. The summed E-state index contributed by atoms with van der Waals surface area (Å²) in [5.41, 5.74) is 0.658. The van der Waals surface area contributed by atoms with Gasteiger partial charge in [-0.15, -0.1) is 0 Å². The lowest BCUT2D eigenvalue weighted by Gasteiger charge is -2.15. The minimum absolute atomic E-state index is 0.0296. The van der Waals surface area contributed by atoms with E-state index in [-0.39, 0.29) is 16.8 Å². The van der Waals surface area contributed by atoms with E-state index in [2.05, 4.69) is 21.2 Å². The van der Waals surface area contributed by atoms with Gasteiger partial charge in [-0.2, -0.15) is 0 Å². The zero-order valence-electron chi connectivity index (χ0n) is 11.5.